The zero-order valence-corrected chi connectivity index (χ0v) is 12.7. The molecule has 0 radical (unpaired) electrons. The summed E-state index contributed by atoms with van der Waals surface area (Å²) in [6.07, 6.45) is 2.34. The van der Waals surface area contributed by atoms with Crippen LogP contribution in [0.4, 0.5) is 10.5 Å². The molecule has 0 saturated heterocycles. The number of carbonyl (C=O) groups is 2. The fraction of sp³-hybridized carbons (Fsp3) is 0.312. The van der Waals surface area contributed by atoms with Crippen LogP contribution < -0.4 is 16.4 Å². The number of para-hydroxylation sites is 1. The van der Waals surface area contributed by atoms with Gasteiger partial charge < -0.3 is 16.4 Å². The average molecular weight is 300 g/mol. The molecule has 2 rings (SSSR count). The van der Waals surface area contributed by atoms with Crippen molar-refractivity contribution < 1.29 is 9.59 Å². The third-order valence-electron chi connectivity index (χ3n) is 3.65. The first-order valence-electron chi connectivity index (χ1n) is 7.23. The van der Waals surface area contributed by atoms with E-state index in [1.54, 1.807) is 6.20 Å². The maximum Gasteiger partial charge on any atom is 0.312 e. The molecule has 6 nitrogen and oxygen atoms in total. The van der Waals surface area contributed by atoms with Crippen LogP contribution in [0.15, 0.2) is 36.5 Å². The van der Waals surface area contributed by atoms with E-state index in [1.807, 2.05) is 44.2 Å². The summed E-state index contributed by atoms with van der Waals surface area (Å²) >= 11 is 0. The number of nitrogens with two attached hydrogens (primary N) is 1. The summed E-state index contributed by atoms with van der Waals surface area (Å²) in [7, 11) is 0. The molecular formula is C16H20N4O2. The molecule has 1 aromatic heterocycles. The van der Waals surface area contributed by atoms with E-state index >= 15 is 0 Å². The molecular weight excluding hydrogens is 280 g/mol. The van der Waals surface area contributed by atoms with Crippen molar-refractivity contribution in [3.05, 3.63) is 36.5 Å². The Morgan fingerprint density at radius 2 is 2.05 bits per heavy atom. The summed E-state index contributed by atoms with van der Waals surface area (Å²) < 4.78 is 0. The minimum absolute atomic E-state index is 0.0269. The molecule has 116 valence electrons. The lowest BCUT2D eigenvalue weighted by molar-refractivity contribution is -0.119. The monoisotopic (exact) mass is 300 g/mol. The van der Waals surface area contributed by atoms with Gasteiger partial charge in [0.25, 0.3) is 0 Å². The van der Waals surface area contributed by atoms with Crippen LogP contribution in [-0.4, -0.2) is 23.0 Å². The van der Waals surface area contributed by atoms with Gasteiger partial charge in [0.1, 0.15) is 6.04 Å². The molecule has 1 aromatic carbocycles. The van der Waals surface area contributed by atoms with Crippen molar-refractivity contribution in [3.63, 3.8) is 0 Å². The number of hydrogen-bond donors (Lipinski definition) is 3. The number of rotatable bonds is 5. The van der Waals surface area contributed by atoms with Gasteiger partial charge in [-0.2, -0.15) is 0 Å². The zero-order valence-electron chi connectivity index (χ0n) is 12.7. The van der Waals surface area contributed by atoms with E-state index in [0.29, 0.717) is 5.69 Å². The fourth-order valence-electron chi connectivity index (χ4n) is 2.21. The van der Waals surface area contributed by atoms with Crippen molar-refractivity contribution in [2.24, 2.45) is 11.7 Å². The summed E-state index contributed by atoms with van der Waals surface area (Å²) in [5, 5.41) is 6.21. The lowest BCUT2D eigenvalue weighted by Crippen LogP contribution is -2.49. The van der Waals surface area contributed by atoms with Crippen LogP contribution in [-0.2, 0) is 4.79 Å². The Bertz CT molecular complexity index is 687. The first-order valence-corrected chi connectivity index (χ1v) is 7.23. The standard InChI is InChI=1S/C16H20N4O2/c1-3-10(2)14(20-16(17)22)15(21)19-12-8-11-6-4-5-7-13(11)18-9-12/h4-10,14H,3H2,1-2H3,(H,19,21)(H3,17,20,22)/t10-,14+/m1/s1. The van der Waals surface area contributed by atoms with Gasteiger partial charge in [0.05, 0.1) is 17.4 Å². The smallest absolute Gasteiger partial charge is 0.312 e. The first-order chi connectivity index (χ1) is 10.5. The second kappa shape index (κ2) is 6.89. The largest absolute Gasteiger partial charge is 0.352 e. The van der Waals surface area contributed by atoms with Crippen molar-refractivity contribution >= 4 is 28.5 Å². The molecule has 2 aromatic rings. The van der Waals surface area contributed by atoms with Gasteiger partial charge in [0.15, 0.2) is 0 Å². The van der Waals surface area contributed by atoms with Crippen LogP contribution in [0.5, 0.6) is 0 Å². The molecule has 6 heteroatoms. The molecule has 0 aliphatic heterocycles. The van der Waals surface area contributed by atoms with E-state index in [-0.39, 0.29) is 11.8 Å². The summed E-state index contributed by atoms with van der Waals surface area (Å²) in [6.45, 7) is 3.84. The molecule has 1 heterocycles. The van der Waals surface area contributed by atoms with Gasteiger partial charge in [-0.1, -0.05) is 38.5 Å². The number of amides is 3. The fourth-order valence-corrected chi connectivity index (χ4v) is 2.21. The zero-order chi connectivity index (χ0) is 16.1. The van der Waals surface area contributed by atoms with Crippen LogP contribution in [0.3, 0.4) is 0 Å². The summed E-state index contributed by atoms with van der Waals surface area (Å²) in [5.41, 5.74) is 6.59. The van der Waals surface area contributed by atoms with Gasteiger partial charge in [-0.05, 0) is 18.1 Å². The van der Waals surface area contributed by atoms with Gasteiger partial charge >= 0.3 is 6.03 Å². The first kappa shape index (κ1) is 15.8. The molecule has 22 heavy (non-hydrogen) atoms. The Balaban J connectivity index is 2.18. The van der Waals surface area contributed by atoms with Crippen LogP contribution in [0.2, 0.25) is 0 Å². The maximum absolute atomic E-state index is 12.4. The number of benzene rings is 1. The number of urea groups is 1. The van der Waals surface area contributed by atoms with Gasteiger partial charge in [0.2, 0.25) is 5.91 Å². The number of fused-ring (bicyclic) bond motifs is 1. The lowest BCUT2D eigenvalue weighted by atomic mass is 9.98. The second-order valence-corrected chi connectivity index (χ2v) is 5.28. The van der Waals surface area contributed by atoms with E-state index < -0.39 is 12.1 Å². The SMILES string of the molecule is CC[C@@H](C)[C@H](NC(N)=O)C(=O)Nc1cnc2ccccc2c1. The minimum Gasteiger partial charge on any atom is -0.352 e. The van der Waals surface area contributed by atoms with E-state index in [4.69, 9.17) is 5.73 Å². The van der Waals surface area contributed by atoms with Crippen LogP contribution in [0.1, 0.15) is 20.3 Å². The van der Waals surface area contributed by atoms with Gasteiger partial charge in [0, 0.05) is 5.39 Å². The number of primary amides is 1. The van der Waals surface area contributed by atoms with E-state index in [2.05, 4.69) is 15.6 Å². The molecule has 0 spiro atoms. The Labute approximate surface area is 129 Å². The highest BCUT2D eigenvalue weighted by molar-refractivity contribution is 5.98. The number of anilines is 1. The number of hydrogen-bond acceptors (Lipinski definition) is 3. The highest BCUT2D eigenvalue weighted by Gasteiger charge is 2.25. The Kier molecular flexibility index (Phi) is 4.93. The Morgan fingerprint density at radius 3 is 2.73 bits per heavy atom. The number of nitrogens with one attached hydrogen (secondary N) is 2. The van der Waals surface area contributed by atoms with Crippen molar-refractivity contribution in [3.8, 4) is 0 Å². The quantitative estimate of drug-likeness (QED) is 0.790. The van der Waals surface area contributed by atoms with Crippen molar-refractivity contribution in [2.75, 3.05) is 5.32 Å². The van der Waals surface area contributed by atoms with Crippen molar-refractivity contribution in [1.29, 1.82) is 0 Å². The topological polar surface area (TPSA) is 97.1 Å². The molecule has 0 saturated carbocycles. The molecule has 3 amide bonds. The predicted molar refractivity (Wildman–Crippen MR) is 86.3 cm³/mol. The minimum atomic E-state index is -0.711. The maximum atomic E-state index is 12.4. The van der Waals surface area contributed by atoms with Crippen LogP contribution in [0.25, 0.3) is 10.9 Å². The molecule has 0 aliphatic rings. The van der Waals surface area contributed by atoms with Crippen molar-refractivity contribution in [2.45, 2.75) is 26.3 Å². The number of aromatic nitrogens is 1. The number of nitrogens with zero attached hydrogens (tertiary/aromatic N) is 1. The third kappa shape index (κ3) is 3.72. The van der Waals surface area contributed by atoms with Crippen molar-refractivity contribution in [1.82, 2.24) is 10.3 Å². The van der Waals surface area contributed by atoms with Crippen LogP contribution >= 0.6 is 0 Å². The molecule has 0 bridgehead atoms. The van der Waals surface area contributed by atoms with E-state index in [0.717, 1.165) is 17.3 Å². The normalized spacial score (nSPS) is 13.4. The van der Waals surface area contributed by atoms with Gasteiger partial charge in [-0.25, -0.2) is 4.79 Å². The lowest BCUT2D eigenvalue weighted by Gasteiger charge is -2.22. The highest BCUT2D eigenvalue weighted by Crippen LogP contribution is 2.17. The summed E-state index contributed by atoms with van der Waals surface area (Å²) in [5.74, 6) is -0.328. The molecule has 4 N–H and O–H groups in total. The second-order valence-electron chi connectivity index (χ2n) is 5.28. The number of pyridine rings is 1. The van der Waals surface area contributed by atoms with Gasteiger partial charge in [-0.15, -0.1) is 0 Å². The molecule has 0 aliphatic carbocycles. The van der Waals surface area contributed by atoms with E-state index in [1.165, 1.54) is 0 Å². The highest BCUT2D eigenvalue weighted by atomic mass is 16.2. The average Bonchev–Trinajstić information content (AvgIpc) is 2.51. The predicted octanol–water partition coefficient (Wildman–Crippen LogP) is 2.26. The number of carbonyl (C=O) groups excluding carboxylic acids is 2. The Morgan fingerprint density at radius 1 is 1.32 bits per heavy atom. The summed E-state index contributed by atoms with van der Waals surface area (Å²) in [4.78, 5) is 27.7. The molecule has 0 unspecified atom stereocenters. The van der Waals surface area contributed by atoms with Crippen LogP contribution in [0, 0.1) is 5.92 Å². The Hall–Kier alpha value is -2.63. The summed E-state index contributed by atoms with van der Waals surface area (Å²) in [6, 6.07) is 8.10. The third-order valence-corrected chi connectivity index (χ3v) is 3.65. The molecule has 0 fully saturated rings. The van der Waals surface area contributed by atoms with Gasteiger partial charge in [-0.3, -0.25) is 9.78 Å². The molecule has 2 atom stereocenters. The van der Waals surface area contributed by atoms with E-state index in [9.17, 15) is 9.59 Å².